The summed E-state index contributed by atoms with van der Waals surface area (Å²) in [4.78, 5) is 0.886. The van der Waals surface area contributed by atoms with E-state index in [4.69, 9.17) is 5.73 Å². The SMILES string of the molecule is CC1(CNS(=O)(=O)c2ccc(CN)s2)CCCS1. The standard InChI is InChI=1S/C11H18N2O2S3/c1-11(5-2-6-16-11)8-13-18(14,15)10-4-3-9(7-12)17-10/h3-4,13H,2,5-8,12H2,1H3. The fraction of sp³-hybridized carbons (Fsp3) is 0.636. The highest BCUT2D eigenvalue weighted by atomic mass is 32.2. The van der Waals surface area contributed by atoms with Gasteiger partial charge in [0.2, 0.25) is 10.0 Å². The van der Waals surface area contributed by atoms with E-state index in [1.807, 2.05) is 11.8 Å². The van der Waals surface area contributed by atoms with Crippen molar-refractivity contribution in [2.24, 2.45) is 5.73 Å². The number of rotatable bonds is 5. The van der Waals surface area contributed by atoms with E-state index in [-0.39, 0.29) is 4.75 Å². The second-order valence-corrected chi connectivity index (χ2v) is 9.50. The van der Waals surface area contributed by atoms with Crippen LogP contribution in [0, 0.1) is 0 Å². The summed E-state index contributed by atoms with van der Waals surface area (Å²) in [7, 11) is -3.38. The van der Waals surface area contributed by atoms with E-state index in [9.17, 15) is 8.42 Å². The second kappa shape index (κ2) is 5.50. The lowest BCUT2D eigenvalue weighted by Gasteiger charge is -2.22. The average molecular weight is 306 g/mol. The molecule has 4 nitrogen and oxygen atoms in total. The fourth-order valence-corrected chi connectivity index (χ4v) is 5.69. The predicted molar refractivity (Wildman–Crippen MR) is 77.5 cm³/mol. The maximum atomic E-state index is 12.1. The van der Waals surface area contributed by atoms with Crippen molar-refractivity contribution in [3.63, 3.8) is 0 Å². The van der Waals surface area contributed by atoms with Crippen LogP contribution in [0.2, 0.25) is 0 Å². The molecular formula is C11H18N2O2S3. The molecule has 7 heteroatoms. The van der Waals surface area contributed by atoms with Crippen LogP contribution >= 0.6 is 23.1 Å². The Hall–Kier alpha value is -0.0800. The van der Waals surface area contributed by atoms with Crippen LogP contribution in [0.1, 0.15) is 24.6 Å². The first-order chi connectivity index (χ1) is 8.45. The number of sulfonamides is 1. The molecule has 1 unspecified atom stereocenters. The van der Waals surface area contributed by atoms with Crippen molar-refractivity contribution in [2.45, 2.75) is 35.3 Å². The Morgan fingerprint density at radius 3 is 2.83 bits per heavy atom. The molecule has 0 amide bonds. The van der Waals surface area contributed by atoms with Gasteiger partial charge in [-0.05, 0) is 37.7 Å². The summed E-state index contributed by atoms with van der Waals surface area (Å²) in [6.45, 7) is 3.00. The summed E-state index contributed by atoms with van der Waals surface area (Å²) in [6.07, 6.45) is 2.23. The van der Waals surface area contributed by atoms with Gasteiger partial charge in [-0.3, -0.25) is 0 Å². The van der Waals surface area contributed by atoms with Gasteiger partial charge in [-0.25, -0.2) is 13.1 Å². The quantitative estimate of drug-likeness (QED) is 0.869. The van der Waals surface area contributed by atoms with Crippen LogP contribution in [0.3, 0.4) is 0 Å². The highest BCUT2D eigenvalue weighted by molar-refractivity contribution is 8.01. The third-order valence-corrected chi connectivity index (χ3v) is 7.58. The van der Waals surface area contributed by atoms with Crippen molar-refractivity contribution >= 4 is 33.1 Å². The number of nitrogens with one attached hydrogen (secondary N) is 1. The molecule has 1 aliphatic rings. The molecule has 0 spiro atoms. The maximum Gasteiger partial charge on any atom is 0.250 e. The lowest BCUT2D eigenvalue weighted by atomic mass is 10.1. The third-order valence-electron chi connectivity index (χ3n) is 3.04. The van der Waals surface area contributed by atoms with Gasteiger partial charge in [0.1, 0.15) is 4.21 Å². The van der Waals surface area contributed by atoms with Crippen LogP contribution in [0.15, 0.2) is 16.3 Å². The first kappa shape index (κ1) is 14.3. The zero-order chi connectivity index (χ0) is 13.2. The monoisotopic (exact) mass is 306 g/mol. The van der Waals surface area contributed by atoms with E-state index in [0.29, 0.717) is 17.3 Å². The fourth-order valence-electron chi connectivity index (χ4n) is 1.91. The van der Waals surface area contributed by atoms with Crippen molar-refractivity contribution in [1.82, 2.24) is 4.72 Å². The lowest BCUT2D eigenvalue weighted by Crippen LogP contribution is -2.36. The summed E-state index contributed by atoms with van der Waals surface area (Å²) in [6, 6.07) is 3.39. The Kier molecular flexibility index (Phi) is 4.38. The Balaban J connectivity index is 2.03. The van der Waals surface area contributed by atoms with E-state index >= 15 is 0 Å². The molecule has 1 saturated heterocycles. The van der Waals surface area contributed by atoms with E-state index in [1.165, 1.54) is 17.8 Å². The molecule has 1 atom stereocenters. The van der Waals surface area contributed by atoms with Crippen LogP contribution in [-0.4, -0.2) is 25.5 Å². The minimum Gasteiger partial charge on any atom is -0.326 e. The van der Waals surface area contributed by atoms with Crippen LogP contribution in [0.4, 0.5) is 0 Å². The van der Waals surface area contributed by atoms with Gasteiger partial charge in [-0.15, -0.1) is 11.3 Å². The first-order valence-corrected chi connectivity index (χ1v) is 9.16. The van der Waals surface area contributed by atoms with Gasteiger partial charge in [-0.2, -0.15) is 11.8 Å². The molecule has 2 heterocycles. The predicted octanol–water partition coefficient (Wildman–Crippen LogP) is 1.77. The van der Waals surface area contributed by atoms with Gasteiger partial charge < -0.3 is 5.73 Å². The summed E-state index contributed by atoms with van der Waals surface area (Å²) in [5.74, 6) is 1.12. The molecule has 0 aliphatic carbocycles. The number of hydrogen-bond acceptors (Lipinski definition) is 5. The largest absolute Gasteiger partial charge is 0.326 e. The topological polar surface area (TPSA) is 72.2 Å². The Bertz CT molecular complexity index is 504. The van der Waals surface area contributed by atoms with Gasteiger partial charge in [0, 0.05) is 22.7 Å². The van der Waals surface area contributed by atoms with Crippen LogP contribution < -0.4 is 10.5 Å². The number of thiophene rings is 1. The molecule has 3 N–H and O–H groups in total. The van der Waals surface area contributed by atoms with Crippen LogP contribution in [0.25, 0.3) is 0 Å². The van der Waals surface area contributed by atoms with Crippen molar-refractivity contribution in [1.29, 1.82) is 0 Å². The van der Waals surface area contributed by atoms with Crippen LogP contribution in [-0.2, 0) is 16.6 Å². The average Bonchev–Trinajstić information content (AvgIpc) is 2.96. The molecule has 0 aromatic carbocycles. The van der Waals surface area contributed by atoms with E-state index in [1.54, 1.807) is 12.1 Å². The third kappa shape index (κ3) is 3.27. The van der Waals surface area contributed by atoms with Crippen molar-refractivity contribution < 1.29 is 8.42 Å². The highest BCUT2D eigenvalue weighted by Crippen LogP contribution is 2.37. The van der Waals surface area contributed by atoms with Gasteiger partial charge in [0.15, 0.2) is 0 Å². The molecule has 0 bridgehead atoms. The number of nitrogens with two attached hydrogens (primary N) is 1. The van der Waals surface area contributed by atoms with Crippen LogP contribution in [0.5, 0.6) is 0 Å². The molecule has 1 aliphatic heterocycles. The molecule has 2 rings (SSSR count). The lowest BCUT2D eigenvalue weighted by molar-refractivity contribution is 0.554. The number of thioether (sulfide) groups is 1. The smallest absolute Gasteiger partial charge is 0.250 e. The Morgan fingerprint density at radius 1 is 1.50 bits per heavy atom. The number of hydrogen-bond donors (Lipinski definition) is 2. The molecule has 1 aromatic heterocycles. The highest BCUT2D eigenvalue weighted by Gasteiger charge is 2.31. The van der Waals surface area contributed by atoms with Gasteiger partial charge in [-0.1, -0.05) is 0 Å². The van der Waals surface area contributed by atoms with Gasteiger partial charge >= 0.3 is 0 Å². The van der Waals surface area contributed by atoms with Gasteiger partial charge in [0.25, 0.3) is 0 Å². The minimum atomic E-state index is -3.38. The Morgan fingerprint density at radius 2 is 2.28 bits per heavy atom. The molecule has 18 heavy (non-hydrogen) atoms. The van der Waals surface area contributed by atoms with Crippen molar-refractivity contribution in [3.8, 4) is 0 Å². The van der Waals surface area contributed by atoms with E-state index in [2.05, 4.69) is 11.6 Å². The summed E-state index contributed by atoms with van der Waals surface area (Å²) in [5.41, 5.74) is 5.49. The molecular weight excluding hydrogens is 288 g/mol. The van der Waals surface area contributed by atoms with E-state index in [0.717, 1.165) is 17.1 Å². The minimum absolute atomic E-state index is 0.0427. The zero-order valence-electron chi connectivity index (χ0n) is 10.3. The molecule has 1 fully saturated rings. The zero-order valence-corrected chi connectivity index (χ0v) is 12.8. The van der Waals surface area contributed by atoms with Gasteiger partial charge in [0.05, 0.1) is 0 Å². The molecule has 102 valence electrons. The van der Waals surface area contributed by atoms with E-state index < -0.39 is 10.0 Å². The molecule has 1 aromatic rings. The molecule has 0 saturated carbocycles. The van der Waals surface area contributed by atoms with Crippen molar-refractivity contribution in [2.75, 3.05) is 12.3 Å². The summed E-state index contributed by atoms with van der Waals surface area (Å²) >= 11 is 3.09. The molecule has 0 radical (unpaired) electrons. The first-order valence-electron chi connectivity index (χ1n) is 5.88. The Labute approximate surface area is 116 Å². The van der Waals surface area contributed by atoms with Crippen molar-refractivity contribution in [3.05, 3.63) is 17.0 Å². The normalized spacial score (nSPS) is 24.6. The summed E-state index contributed by atoms with van der Waals surface area (Å²) in [5, 5.41) is 0. The second-order valence-electron chi connectivity index (χ2n) is 4.65. The summed E-state index contributed by atoms with van der Waals surface area (Å²) < 4.78 is 27.3. The maximum absolute atomic E-state index is 12.1.